The molecule has 1 saturated heterocycles. The van der Waals surface area contributed by atoms with Crippen molar-refractivity contribution in [2.45, 2.75) is 26.3 Å². The normalized spacial score (nSPS) is 17.4. The minimum atomic E-state index is -0.937. The number of aryl methyl sites for hydroxylation is 1. The molecule has 6 heteroatoms. The van der Waals surface area contributed by atoms with E-state index >= 15 is 0 Å². The van der Waals surface area contributed by atoms with E-state index < -0.39 is 5.97 Å². The SMILES string of the molecule is Cc1ccc(CN2C[C@H](C(=O)N(C)CCC(=O)O)CC2=O)cc1. The number of benzene rings is 1. The monoisotopic (exact) mass is 318 g/mol. The molecule has 1 aliphatic rings. The Balaban J connectivity index is 1.92. The predicted molar refractivity (Wildman–Crippen MR) is 84.6 cm³/mol. The summed E-state index contributed by atoms with van der Waals surface area (Å²) in [6, 6.07) is 7.96. The average Bonchev–Trinajstić information content (AvgIpc) is 2.87. The first-order valence-corrected chi connectivity index (χ1v) is 7.67. The van der Waals surface area contributed by atoms with E-state index in [-0.39, 0.29) is 37.1 Å². The lowest BCUT2D eigenvalue weighted by Gasteiger charge is -2.21. The molecule has 2 amide bonds. The zero-order valence-corrected chi connectivity index (χ0v) is 13.5. The Morgan fingerprint density at radius 3 is 2.57 bits per heavy atom. The van der Waals surface area contributed by atoms with Gasteiger partial charge in [-0.3, -0.25) is 14.4 Å². The summed E-state index contributed by atoms with van der Waals surface area (Å²) < 4.78 is 0. The number of carbonyl (C=O) groups excluding carboxylic acids is 2. The van der Waals surface area contributed by atoms with Crippen LogP contribution >= 0.6 is 0 Å². The number of carbonyl (C=O) groups is 3. The Labute approximate surface area is 135 Å². The van der Waals surface area contributed by atoms with Crippen molar-refractivity contribution < 1.29 is 19.5 Å². The molecular weight excluding hydrogens is 296 g/mol. The molecule has 2 rings (SSSR count). The Morgan fingerprint density at radius 2 is 1.96 bits per heavy atom. The highest BCUT2D eigenvalue weighted by Crippen LogP contribution is 2.22. The van der Waals surface area contributed by atoms with E-state index in [0.29, 0.717) is 13.1 Å². The van der Waals surface area contributed by atoms with Gasteiger partial charge >= 0.3 is 5.97 Å². The summed E-state index contributed by atoms with van der Waals surface area (Å²) in [5.74, 6) is -1.51. The van der Waals surface area contributed by atoms with Crippen LogP contribution in [0.2, 0.25) is 0 Å². The standard InChI is InChI=1S/C17H22N2O4/c1-12-3-5-13(6-4-12)10-19-11-14(9-15(19)20)17(23)18(2)8-7-16(21)22/h3-6,14H,7-11H2,1-2H3,(H,21,22)/t14-/m1/s1. The van der Waals surface area contributed by atoms with Crippen molar-refractivity contribution in [2.75, 3.05) is 20.1 Å². The van der Waals surface area contributed by atoms with Gasteiger partial charge in [0.2, 0.25) is 11.8 Å². The molecule has 0 unspecified atom stereocenters. The second-order valence-electron chi connectivity index (χ2n) is 6.06. The van der Waals surface area contributed by atoms with Crippen LogP contribution in [0.5, 0.6) is 0 Å². The molecule has 1 fully saturated rings. The smallest absolute Gasteiger partial charge is 0.305 e. The summed E-state index contributed by atoms with van der Waals surface area (Å²) in [5.41, 5.74) is 2.20. The van der Waals surface area contributed by atoms with Gasteiger partial charge in [-0.2, -0.15) is 0 Å². The lowest BCUT2D eigenvalue weighted by molar-refractivity contribution is -0.139. The van der Waals surface area contributed by atoms with Crippen molar-refractivity contribution in [1.29, 1.82) is 0 Å². The second kappa shape index (κ2) is 7.26. The number of likely N-dealkylation sites (tertiary alicyclic amines) is 1. The molecule has 1 N–H and O–H groups in total. The minimum absolute atomic E-state index is 0.0319. The van der Waals surface area contributed by atoms with Gasteiger partial charge in [0.25, 0.3) is 0 Å². The van der Waals surface area contributed by atoms with E-state index in [1.54, 1.807) is 11.9 Å². The van der Waals surface area contributed by atoms with Gasteiger partial charge in [-0.05, 0) is 12.5 Å². The van der Waals surface area contributed by atoms with E-state index in [0.717, 1.165) is 11.1 Å². The second-order valence-corrected chi connectivity index (χ2v) is 6.06. The number of rotatable bonds is 6. The van der Waals surface area contributed by atoms with Crippen molar-refractivity contribution in [3.63, 3.8) is 0 Å². The van der Waals surface area contributed by atoms with Crippen LogP contribution in [0.1, 0.15) is 24.0 Å². The molecule has 6 nitrogen and oxygen atoms in total. The molecule has 0 aliphatic carbocycles. The number of aliphatic carboxylic acids is 1. The van der Waals surface area contributed by atoms with E-state index in [4.69, 9.17) is 5.11 Å². The number of carboxylic acid groups (broad SMARTS) is 1. The van der Waals surface area contributed by atoms with Crippen molar-refractivity contribution in [1.82, 2.24) is 9.80 Å². The van der Waals surface area contributed by atoms with Crippen LogP contribution in [0.25, 0.3) is 0 Å². The van der Waals surface area contributed by atoms with E-state index in [9.17, 15) is 14.4 Å². The average molecular weight is 318 g/mol. The molecule has 0 saturated carbocycles. The van der Waals surface area contributed by atoms with Crippen LogP contribution in [-0.4, -0.2) is 52.8 Å². The third kappa shape index (κ3) is 4.55. The zero-order valence-electron chi connectivity index (χ0n) is 13.5. The molecule has 23 heavy (non-hydrogen) atoms. The minimum Gasteiger partial charge on any atom is -0.481 e. The lowest BCUT2D eigenvalue weighted by Crippen LogP contribution is -2.35. The summed E-state index contributed by atoms with van der Waals surface area (Å²) in [7, 11) is 1.58. The first-order valence-electron chi connectivity index (χ1n) is 7.67. The highest BCUT2D eigenvalue weighted by Gasteiger charge is 2.35. The van der Waals surface area contributed by atoms with Crippen LogP contribution in [0, 0.1) is 12.8 Å². The van der Waals surface area contributed by atoms with E-state index in [1.165, 1.54) is 4.90 Å². The van der Waals surface area contributed by atoms with Crippen molar-refractivity contribution in [3.8, 4) is 0 Å². The van der Waals surface area contributed by atoms with Gasteiger partial charge in [-0.25, -0.2) is 0 Å². The largest absolute Gasteiger partial charge is 0.481 e. The third-order valence-electron chi connectivity index (χ3n) is 4.10. The Morgan fingerprint density at radius 1 is 1.30 bits per heavy atom. The van der Waals surface area contributed by atoms with Crippen molar-refractivity contribution in [2.24, 2.45) is 5.92 Å². The van der Waals surface area contributed by atoms with Crippen molar-refractivity contribution in [3.05, 3.63) is 35.4 Å². The number of carboxylic acids is 1. The van der Waals surface area contributed by atoms with Gasteiger partial charge in [0.1, 0.15) is 0 Å². The number of hydrogen-bond acceptors (Lipinski definition) is 3. The number of nitrogens with zero attached hydrogens (tertiary/aromatic N) is 2. The quantitative estimate of drug-likeness (QED) is 0.857. The summed E-state index contributed by atoms with van der Waals surface area (Å²) in [6.07, 6.45) is 0.109. The zero-order chi connectivity index (χ0) is 17.0. The first-order chi connectivity index (χ1) is 10.9. The molecule has 124 valence electrons. The van der Waals surface area contributed by atoms with Gasteiger partial charge in [0, 0.05) is 33.1 Å². The third-order valence-corrected chi connectivity index (χ3v) is 4.10. The van der Waals surface area contributed by atoms with Gasteiger partial charge in [0.15, 0.2) is 0 Å². The van der Waals surface area contributed by atoms with Crippen LogP contribution in [0.3, 0.4) is 0 Å². The molecule has 0 bridgehead atoms. The topological polar surface area (TPSA) is 77.9 Å². The lowest BCUT2D eigenvalue weighted by atomic mass is 10.1. The fraction of sp³-hybridized carbons (Fsp3) is 0.471. The fourth-order valence-electron chi connectivity index (χ4n) is 2.69. The van der Waals surface area contributed by atoms with Crippen LogP contribution in [0.15, 0.2) is 24.3 Å². The van der Waals surface area contributed by atoms with E-state index in [1.807, 2.05) is 31.2 Å². The predicted octanol–water partition coefficient (Wildman–Crippen LogP) is 1.28. The number of amides is 2. The maximum atomic E-state index is 12.3. The molecular formula is C17H22N2O4. The van der Waals surface area contributed by atoms with Crippen molar-refractivity contribution >= 4 is 17.8 Å². The summed E-state index contributed by atoms with van der Waals surface area (Å²) in [6.45, 7) is 3.06. The highest BCUT2D eigenvalue weighted by molar-refractivity contribution is 5.89. The molecule has 1 atom stereocenters. The summed E-state index contributed by atoms with van der Waals surface area (Å²) in [5, 5.41) is 8.68. The molecule has 0 aromatic heterocycles. The fourth-order valence-corrected chi connectivity index (χ4v) is 2.69. The highest BCUT2D eigenvalue weighted by atomic mass is 16.4. The Kier molecular flexibility index (Phi) is 5.36. The summed E-state index contributed by atoms with van der Waals surface area (Å²) in [4.78, 5) is 38.1. The van der Waals surface area contributed by atoms with Gasteiger partial charge in [0.05, 0.1) is 12.3 Å². The maximum absolute atomic E-state index is 12.3. The van der Waals surface area contributed by atoms with Crippen LogP contribution in [0.4, 0.5) is 0 Å². The molecule has 1 aliphatic heterocycles. The molecule has 0 radical (unpaired) electrons. The summed E-state index contributed by atoms with van der Waals surface area (Å²) >= 11 is 0. The van der Waals surface area contributed by atoms with Gasteiger partial charge in [-0.1, -0.05) is 29.8 Å². The van der Waals surface area contributed by atoms with Gasteiger partial charge in [-0.15, -0.1) is 0 Å². The Bertz CT molecular complexity index is 597. The molecule has 0 spiro atoms. The maximum Gasteiger partial charge on any atom is 0.305 e. The Hall–Kier alpha value is -2.37. The van der Waals surface area contributed by atoms with Crippen LogP contribution in [-0.2, 0) is 20.9 Å². The molecule has 1 heterocycles. The molecule has 1 aromatic rings. The molecule has 1 aromatic carbocycles. The first kappa shape index (κ1) is 17.0. The number of hydrogen-bond donors (Lipinski definition) is 1. The van der Waals surface area contributed by atoms with E-state index in [2.05, 4.69) is 0 Å². The van der Waals surface area contributed by atoms with Gasteiger partial charge < -0.3 is 14.9 Å². The van der Waals surface area contributed by atoms with Crippen LogP contribution < -0.4 is 0 Å².